The molecule has 0 aliphatic carbocycles. The van der Waals surface area contributed by atoms with E-state index >= 15 is 0 Å². The molecule has 5 nitrogen and oxygen atoms in total. The molecule has 1 heterocycles. The van der Waals surface area contributed by atoms with Crippen LogP contribution in [0.3, 0.4) is 0 Å². The number of benzene rings is 1. The fourth-order valence-electron chi connectivity index (χ4n) is 2.73. The van der Waals surface area contributed by atoms with Gasteiger partial charge in [0.2, 0.25) is 0 Å². The quantitative estimate of drug-likeness (QED) is 0.755. The third-order valence-corrected chi connectivity index (χ3v) is 4.06. The first-order valence-electron chi connectivity index (χ1n) is 8.06. The van der Waals surface area contributed by atoms with Crippen LogP contribution in [0.25, 0.3) is 0 Å². The van der Waals surface area contributed by atoms with E-state index in [1.54, 1.807) is 20.1 Å². The van der Waals surface area contributed by atoms with Gasteiger partial charge in [0.1, 0.15) is 11.9 Å². The van der Waals surface area contributed by atoms with E-state index in [1.165, 1.54) is 0 Å². The summed E-state index contributed by atoms with van der Waals surface area (Å²) in [5.41, 5.74) is 1.16. The molecule has 2 rings (SSSR count). The molecule has 23 heavy (non-hydrogen) atoms. The van der Waals surface area contributed by atoms with E-state index in [4.69, 9.17) is 9.47 Å². The molecule has 1 aliphatic rings. The predicted molar refractivity (Wildman–Crippen MR) is 92.0 cm³/mol. The molecule has 1 amide bonds. The highest BCUT2D eigenvalue weighted by atomic mass is 16.5. The third kappa shape index (κ3) is 4.73. The van der Waals surface area contributed by atoms with Crippen LogP contribution < -0.4 is 9.64 Å². The highest BCUT2D eigenvalue weighted by Crippen LogP contribution is 2.20. The summed E-state index contributed by atoms with van der Waals surface area (Å²) in [6.45, 7) is 9.07. The number of amides is 1. The van der Waals surface area contributed by atoms with Crippen LogP contribution in [0.4, 0.5) is 5.69 Å². The van der Waals surface area contributed by atoms with Crippen LogP contribution in [-0.4, -0.2) is 56.8 Å². The van der Waals surface area contributed by atoms with Crippen molar-refractivity contribution in [2.75, 3.05) is 44.8 Å². The first-order chi connectivity index (χ1) is 11.2. The maximum atomic E-state index is 12.4. The minimum absolute atomic E-state index is 0.0587. The van der Waals surface area contributed by atoms with Gasteiger partial charge in [0.05, 0.1) is 13.7 Å². The van der Waals surface area contributed by atoms with Gasteiger partial charge in [-0.05, 0) is 37.6 Å². The van der Waals surface area contributed by atoms with E-state index in [1.807, 2.05) is 17.0 Å². The molecule has 1 atom stereocenters. The maximum Gasteiger partial charge on any atom is 0.251 e. The summed E-state index contributed by atoms with van der Waals surface area (Å²) in [4.78, 5) is 16.6. The monoisotopic (exact) mass is 318 g/mol. The van der Waals surface area contributed by atoms with Crippen molar-refractivity contribution in [3.05, 3.63) is 36.9 Å². The fraction of sp³-hybridized carbons (Fsp3) is 0.500. The van der Waals surface area contributed by atoms with E-state index in [2.05, 4.69) is 23.6 Å². The average Bonchev–Trinajstić information content (AvgIpc) is 2.85. The molecule has 5 heteroatoms. The molecule has 1 aromatic carbocycles. The van der Waals surface area contributed by atoms with Crippen molar-refractivity contribution in [3.8, 4) is 5.75 Å². The Morgan fingerprint density at radius 3 is 2.65 bits per heavy atom. The minimum Gasteiger partial charge on any atom is -0.497 e. The van der Waals surface area contributed by atoms with Crippen LogP contribution in [0.15, 0.2) is 36.9 Å². The van der Waals surface area contributed by atoms with Crippen molar-refractivity contribution in [3.63, 3.8) is 0 Å². The van der Waals surface area contributed by atoms with Crippen LogP contribution in [-0.2, 0) is 9.53 Å². The van der Waals surface area contributed by atoms with Crippen molar-refractivity contribution < 1.29 is 14.3 Å². The zero-order valence-corrected chi connectivity index (χ0v) is 14.0. The lowest BCUT2D eigenvalue weighted by Gasteiger charge is -2.25. The van der Waals surface area contributed by atoms with Gasteiger partial charge in [-0.15, -0.1) is 6.58 Å². The van der Waals surface area contributed by atoms with Crippen molar-refractivity contribution >= 4 is 11.6 Å². The summed E-state index contributed by atoms with van der Waals surface area (Å²) >= 11 is 0. The fourth-order valence-corrected chi connectivity index (χ4v) is 2.73. The molecule has 0 N–H and O–H groups in total. The summed E-state index contributed by atoms with van der Waals surface area (Å²) in [6.07, 6.45) is 2.20. The molecule has 1 aliphatic heterocycles. The van der Waals surface area contributed by atoms with Gasteiger partial charge in [-0.3, -0.25) is 4.79 Å². The molecule has 0 radical (unpaired) electrons. The van der Waals surface area contributed by atoms with E-state index in [0.717, 1.165) is 37.5 Å². The molecular formula is C18H26N2O3. The van der Waals surface area contributed by atoms with Gasteiger partial charge in [0.15, 0.2) is 0 Å². The molecule has 1 aromatic rings. The Balaban J connectivity index is 1.93. The van der Waals surface area contributed by atoms with Crippen LogP contribution in [0.5, 0.6) is 5.75 Å². The topological polar surface area (TPSA) is 42.0 Å². The van der Waals surface area contributed by atoms with E-state index < -0.39 is 6.10 Å². The summed E-state index contributed by atoms with van der Waals surface area (Å²) in [5.74, 6) is 0.914. The molecule has 0 aromatic heterocycles. The number of carbonyl (C=O) groups is 1. The Morgan fingerprint density at radius 1 is 1.26 bits per heavy atom. The summed E-state index contributed by atoms with van der Waals surface area (Å²) < 4.78 is 10.6. The molecular weight excluding hydrogens is 292 g/mol. The van der Waals surface area contributed by atoms with Crippen molar-refractivity contribution in [2.24, 2.45) is 0 Å². The Kier molecular flexibility index (Phi) is 6.47. The largest absolute Gasteiger partial charge is 0.497 e. The standard InChI is InChI=1S/C18H26N2O3/c1-4-14-23-15(2)18(21)20-11-5-10-19(12-13-20)16-6-8-17(22-3)9-7-16/h4,6-9,15H,1,5,10-14H2,2-3H3/t15-/m1/s1. The van der Waals surface area contributed by atoms with Crippen LogP contribution in [0.1, 0.15) is 13.3 Å². The zero-order chi connectivity index (χ0) is 16.7. The highest BCUT2D eigenvalue weighted by molar-refractivity contribution is 5.80. The van der Waals surface area contributed by atoms with Crippen LogP contribution in [0.2, 0.25) is 0 Å². The Hall–Kier alpha value is -2.01. The number of rotatable bonds is 6. The predicted octanol–water partition coefficient (Wildman–Crippen LogP) is 2.33. The normalized spacial score (nSPS) is 16.6. The number of anilines is 1. The Morgan fingerprint density at radius 2 is 2.00 bits per heavy atom. The first-order valence-corrected chi connectivity index (χ1v) is 8.06. The molecule has 126 valence electrons. The molecule has 1 fully saturated rings. The zero-order valence-electron chi connectivity index (χ0n) is 14.0. The molecule has 0 spiro atoms. The number of carbonyl (C=O) groups excluding carboxylic acids is 1. The van der Waals surface area contributed by atoms with E-state index in [-0.39, 0.29) is 5.91 Å². The third-order valence-electron chi connectivity index (χ3n) is 4.06. The van der Waals surface area contributed by atoms with Crippen molar-refractivity contribution in [2.45, 2.75) is 19.4 Å². The Bertz CT molecular complexity index is 516. The number of ether oxygens (including phenoxy) is 2. The lowest BCUT2D eigenvalue weighted by atomic mass is 10.2. The van der Waals surface area contributed by atoms with Gasteiger partial charge in [0.25, 0.3) is 5.91 Å². The lowest BCUT2D eigenvalue weighted by Crippen LogP contribution is -2.41. The summed E-state index contributed by atoms with van der Waals surface area (Å²) in [7, 11) is 1.67. The van der Waals surface area contributed by atoms with Crippen LogP contribution >= 0.6 is 0 Å². The lowest BCUT2D eigenvalue weighted by molar-refractivity contribution is -0.141. The number of methoxy groups -OCH3 is 1. The molecule has 0 unspecified atom stereocenters. The van der Waals surface area contributed by atoms with Gasteiger partial charge >= 0.3 is 0 Å². The van der Waals surface area contributed by atoms with E-state index in [0.29, 0.717) is 13.2 Å². The number of nitrogens with zero attached hydrogens (tertiary/aromatic N) is 2. The SMILES string of the molecule is C=CCO[C@H](C)C(=O)N1CCCN(c2ccc(OC)cc2)CC1. The number of hydrogen-bond donors (Lipinski definition) is 0. The maximum absolute atomic E-state index is 12.4. The van der Waals surface area contributed by atoms with Gasteiger partial charge < -0.3 is 19.3 Å². The molecule has 0 saturated carbocycles. The van der Waals surface area contributed by atoms with Gasteiger partial charge in [0, 0.05) is 31.9 Å². The van der Waals surface area contributed by atoms with Crippen molar-refractivity contribution in [1.29, 1.82) is 0 Å². The molecule has 0 bridgehead atoms. The smallest absolute Gasteiger partial charge is 0.251 e. The highest BCUT2D eigenvalue weighted by Gasteiger charge is 2.23. The van der Waals surface area contributed by atoms with Gasteiger partial charge in [-0.2, -0.15) is 0 Å². The van der Waals surface area contributed by atoms with E-state index in [9.17, 15) is 4.79 Å². The van der Waals surface area contributed by atoms with Crippen LogP contribution in [0, 0.1) is 0 Å². The summed E-state index contributed by atoms with van der Waals surface area (Å²) in [5, 5.41) is 0. The average molecular weight is 318 g/mol. The minimum atomic E-state index is -0.416. The second-order valence-electron chi connectivity index (χ2n) is 5.63. The van der Waals surface area contributed by atoms with Gasteiger partial charge in [-0.25, -0.2) is 0 Å². The molecule has 1 saturated heterocycles. The van der Waals surface area contributed by atoms with Crippen molar-refractivity contribution in [1.82, 2.24) is 4.90 Å². The van der Waals surface area contributed by atoms with Gasteiger partial charge in [-0.1, -0.05) is 6.08 Å². The second kappa shape index (κ2) is 8.58. The summed E-state index contributed by atoms with van der Waals surface area (Å²) in [6, 6.07) is 8.06. The second-order valence-corrected chi connectivity index (χ2v) is 5.63. The number of hydrogen-bond acceptors (Lipinski definition) is 4. The first kappa shape index (κ1) is 17.3. The Labute approximate surface area is 138 Å².